The number of hydrogen-bond acceptors (Lipinski definition) is 2. The summed E-state index contributed by atoms with van der Waals surface area (Å²) in [6, 6.07) is 13.2. The van der Waals surface area contributed by atoms with E-state index in [0.717, 1.165) is 15.8 Å². The zero-order valence-corrected chi connectivity index (χ0v) is 11.3. The van der Waals surface area contributed by atoms with Gasteiger partial charge in [0.2, 0.25) is 0 Å². The Hall–Kier alpha value is -1.19. The van der Waals surface area contributed by atoms with E-state index in [-0.39, 0.29) is 0 Å². The number of anilines is 1. The molecule has 2 aromatic rings. The minimum absolute atomic E-state index is 0.470. The molecule has 0 aliphatic heterocycles. The van der Waals surface area contributed by atoms with E-state index in [1.807, 2.05) is 36.4 Å². The highest BCUT2D eigenvalue weighted by Gasteiger charge is 2.00. The van der Waals surface area contributed by atoms with Crippen LogP contribution in [0.5, 0.6) is 5.75 Å². The number of ether oxygens (including phenoxy) is 1. The second kappa shape index (κ2) is 5.43. The van der Waals surface area contributed by atoms with E-state index in [9.17, 15) is 0 Å². The molecule has 17 heavy (non-hydrogen) atoms. The van der Waals surface area contributed by atoms with E-state index in [2.05, 4.69) is 15.9 Å². The molecule has 0 radical (unpaired) electrons. The van der Waals surface area contributed by atoms with Gasteiger partial charge < -0.3 is 10.5 Å². The van der Waals surface area contributed by atoms with Gasteiger partial charge in [-0.25, -0.2) is 0 Å². The molecule has 0 aliphatic carbocycles. The smallest absolute Gasteiger partial charge is 0.120 e. The van der Waals surface area contributed by atoms with Gasteiger partial charge in [-0.05, 0) is 35.9 Å². The molecule has 0 spiro atoms. The molecule has 4 heteroatoms. The molecule has 0 amide bonds. The number of halogens is 2. The fourth-order valence-corrected chi connectivity index (χ4v) is 1.90. The molecule has 0 fully saturated rings. The highest BCUT2D eigenvalue weighted by Crippen LogP contribution is 2.22. The highest BCUT2D eigenvalue weighted by atomic mass is 79.9. The molecule has 2 N–H and O–H groups in total. The van der Waals surface area contributed by atoms with E-state index in [4.69, 9.17) is 22.1 Å². The fourth-order valence-electron chi connectivity index (χ4n) is 1.41. The lowest BCUT2D eigenvalue weighted by atomic mass is 10.2. The lowest BCUT2D eigenvalue weighted by Gasteiger charge is -2.07. The van der Waals surface area contributed by atoms with Crippen molar-refractivity contribution in [2.45, 2.75) is 6.61 Å². The summed E-state index contributed by atoms with van der Waals surface area (Å²) >= 11 is 9.24. The van der Waals surface area contributed by atoms with Crippen LogP contribution < -0.4 is 10.5 Å². The first kappa shape index (κ1) is 12.3. The number of hydrogen-bond donors (Lipinski definition) is 1. The van der Waals surface area contributed by atoms with Crippen molar-refractivity contribution in [3.05, 3.63) is 57.5 Å². The van der Waals surface area contributed by atoms with Crippen molar-refractivity contribution in [3.8, 4) is 5.75 Å². The van der Waals surface area contributed by atoms with E-state index < -0.39 is 0 Å². The third-order valence-electron chi connectivity index (χ3n) is 2.26. The van der Waals surface area contributed by atoms with Gasteiger partial charge in [0.05, 0.1) is 10.7 Å². The lowest BCUT2D eigenvalue weighted by Crippen LogP contribution is -1.97. The van der Waals surface area contributed by atoms with Crippen LogP contribution in [0, 0.1) is 0 Å². The van der Waals surface area contributed by atoms with Crippen molar-refractivity contribution < 1.29 is 4.74 Å². The van der Waals surface area contributed by atoms with Crippen LogP contribution in [0.25, 0.3) is 0 Å². The Labute approximate surface area is 113 Å². The molecule has 2 aromatic carbocycles. The summed E-state index contributed by atoms with van der Waals surface area (Å²) in [6.07, 6.45) is 0. The summed E-state index contributed by atoms with van der Waals surface area (Å²) in [5, 5.41) is 0.566. The minimum Gasteiger partial charge on any atom is -0.489 e. The summed E-state index contributed by atoms with van der Waals surface area (Å²) in [6.45, 7) is 0.470. The number of rotatable bonds is 3. The van der Waals surface area contributed by atoms with Crippen molar-refractivity contribution >= 4 is 33.2 Å². The van der Waals surface area contributed by atoms with Gasteiger partial charge in [-0.3, -0.25) is 0 Å². The third kappa shape index (κ3) is 3.38. The van der Waals surface area contributed by atoms with Gasteiger partial charge in [-0.15, -0.1) is 0 Å². The maximum Gasteiger partial charge on any atom is 0.120 e. The van der Waals surface area contributed by atoms with Gasteiger partial charge >= 0.3 is 0 Å². The van der Waals surface area contributed by atoms with Crippen molar-refractivity contribution in [2.75, 3.05) is 5.73 Å². The molecule has 0 saturated heterocycles. The van der Waals surface area contributed by atoms with Crippen molar-refractivity contribution in [3.63, 3.8) is 0 Å². The first-order valence-corrected chi connectivity index (χ1v) is 6.24. The zero-order valence-electron chi connectivity index (χ0n) is 8.99. The molecule has 0 heterocycles. The average molecular weight is 313 g/mol. The molecule has 0 unspecified atom stereocenters. The van der Waals surface area contributed by atoms with Crippen molar-refractivity contribution in [2.24, 2.45) is 0 Å². The molecular formula is C13H11BrClNO. The van der Waals surface area contributed by atoms with Gasteiger partial charge in [-0.1, -0.05) is 39.7 Å². The van der Waals surface area contributed by atoms with Gasteiger partial charge in [-0.2, -0.15) is 0 Å². The third-order valence-corrected chi connectivity index (χ3v) is 3.10. The number of benzene rings is 2. The zero-order chi connectivity index (χ0) is 12.3. The van der Waals surface area contributed by atoms with E-state index in [0.29, 0.717) is 17.3 Å². The van der Waals surface area contributed by atoms with Gasteiger partial charge in [0.1, 0.15) is 12.4 Å². The predicted molar refractivity (Wildman–Crippen MR) is 74.3 cm³/mol. The van der Waals surface area contributed by atoms with Gasteiger partial charge in [0.15, 0.2) is 0 Å². The molecule has 0 aromatic heterocycles. The predicted octanol–water partition coefficient (Wildman–Crippen LogP) is 4.26. The maximum absolute atomic E-state index is 5.85. The standard InChI is InChI=1S/C13H11BrClNO/c14-10-2-1-3-11(7-10)17-8-9-4-5-12(15)13(16)6-9/h1-7H,8,16H2. The van der Waals surface area contributed by atoms with Crippen LogP contribution in [0.3, 0.4) is 0 Å². The SMILES string of the molecule is Nc1cc(COc2cccc(Br)c2)ccc1Cl. The molecule has 0 aliphatic rings. The molecular weight excluding hydrogens is 302 g/mol. The molecule has 88 valence electrons. The maximum atomic E-state index is 5.85. The van der Waals surface area contributed by atoms with E-state index in [1.165, 1.54) is 0 Å². The molecule has 0 saturated carbocycles. The fraction of sp³-hybridized carbons (Fsp3) is 0.0769. The Morgan fingerprint density at radius 1 is 1.18 bits per heavy atom. The topological polar surface area (TPSA) is 35.2 Å². The molecule has 0 bridgehead atoms. The summed E-state index contributed by atoms with van der Waals surface area (Å²) in [5.41, 5.74) is 7.28. The molecule has 0 atom stereocenters. The van der Waals surface area contributed by atoms with Crippen LogP contribution in [0.15, 0.2) is 46.9 Å². The van der Waals surface area contributed by atoms with Crippen molar-refractivity contribution in [1.82, 2.24) is 0 Å². The van der Waals surface area contributed by atoms with Crippen LogP contribution in [0.2, 0.25) is 5.02 Å². The summed E-state index contributed by atoms with van der Waals surface area (Å²) in [4.78, 5) is 0. The lowest BCUT2D eigenvalue weighted by molar-refractivity contribution is 0.306. The number of nitrogen functional groups attached to an aromatic ring is 1. The van der Waals surface area contributed by atoms with Gasteiger partial charge in [0, 0.05) is 4.47 Å². The number of nitrogens with two attached hydrogens (primary N) is 1. The first-order chi connectivity index (χ1) is 8.15. The van der Waals surface area contributed by atoms with Crippen LogP contribution in [-0.2, 0) is 6.61 Å². The average Bonchev–Trinajstić information content (AvgIpc) is 2.31. The molecule has 2 rings (SSSR count). The monoisotopic (exact) mass is 311 g/mol. The summed E-state index contributed by atoms with van der Waals surface area (Å²) in [5.74, 6) is 0.813. The van der Waals surface area contributed by atoms with Crippen LogP contribution in [-0.4, -0.2) is 0 Å². The first-order valence-electron chi connectivity index (χ1n) is 5.07. The second-order valence-corrected chi connectivity index (χ2v) is 4.92. The van der Waals surface area contributed by atoms with Crippen LogP contribution >= 0.6 is 27.5 Å². The summed E-state index contributed by atoms with van der Waals surface area (Å²) < 4.78 is 6.63. The Bertz CT molecular complexity index is 531. The highest BCUT2D eigenvalue weighted by molar-refractivity contribution is 9.10. The van der Waals surface area contributed by atoms with Crippen LogP contribution in [0.1, 0.15) is 5.56 Å². The summed E-state index contributed by atoms with van der Waals surface area (Å²) in [7, 11) is 0. The Kier molecular flexibility index (Phi) is 3.92. The normalized spacial score (nSPS) is 10.2. The van der Waals surface area contributed by atoms with E-state index in [1.54, 1.807) is 6.07 Å². The van der Waals surface area contributed by atoms with Crippen molar-refractivity contribution in [1.29, 1.82) is 0 Å². The Balaban J connectivity index is 2.05. The van der Waals surface area contributed by atoms with E-state index >= 15 is 0 Å². The van der Waals surface area contributed by atoms with Gasteiger partial charge in [0.25, 0.3) is 0 Å². The van der Waals surface area contributed by atoms with Crippen LogP contribution in [0.4, 0.5) is 5.69 Å². The Morgan fingerprint density at radius 2 is 2.00 bits per heavy atom. The second-order valence-electron chi connectivity index (χ2n) is 3.60. The molecule has 2 nitrogen and oxygen atoms in total. The largest absolute Gasteiger partial charge is 0.489 e. The quantitative estimate of drug-likeness (QED) is 0.859. The Morgan fingerprint density at radius 3 is 2.71 bits per heavy atom. The minimum atomic E-state index is 0.470.